The number of fused-ring (bicyclic) bond motifs is 1. The van der Waals surface area contributed by atoms with Crippen molar-refractivity contribution in [1.29, 1.82) is 0 Å². The number of benzene rings is 1. The molecular weight excluding hydrogens is 327 g/mol. The predicted molar refractivity (Wildman–Crippen MR) is 88.9 cm³/mol. The number of hydrogen-bond donors (Lipinski definition) is 0. The van der Waals surface area contributed by atoms with E-state index in [-0.39, 0.29) is 11.9 Å². The molecule has 0 saturated heterocycles. The Morgan fingerprint density at radius 3 is 2.71 bits per heavy atom. The molecule has 0 saturated carbocycles. The molecule has 0 N–H and O–H groups in total. The summed E-state index contributed by atoms with van der Waals surface area (Å²) in [5.41, 5.74) is 1.09. The summed E-state index contributed by atoms with van der Waals surface area (Å²) < 4.78 is 19.4. The molecular formula is C16H17FN6S. The van der Waals surface area contributed by atoms with E-state index < -0.39 is 0 Å². The van der Waals surface area contributed by atoms with Gasteiger partial charge in [-0.1, -0.05) is 12.1 Å². The summed E-state index contributed by atoms with van der Waals surface area (Å²) in [4.78, 5) is 6.74. The third-order valence-electron chi connectivity index (χ3n) is 4.33. The molecule has 24 heavy (non-hydrogen) atoms. The zero-order chi connectivity index (χ0) is 16.7. The zero-order valence-electron chi connectivity index (χ0n) is 13.5. The standard InChI is InChI=1S/C16H17FN6S/c1-10-14-19-20-15(16-18-11(2)21-24-16)23(14)8-7-22(10)9-12-3-5-13(17)6-4-12/h3-6,10H,7-9H2,1-2H3/t10-/m1/s1. The van der Waals surface area contributed by atoms with E-state index in [1.807, 2.05) is 19.1 Å². The molecule has 0 fully saturated rings. The summed E-state index contributed by atoms with van der Waals surface area (Å²) in [6.45, 7) is 6.45. The van der Waals surface area contributed by atoms with Crippen molar-refractivity contribution in [3.8, 4) is 10.8 Å². The van der Waals surface area contributed by atoms with Gasteiger partial charge in [-0.15, -0.1) is 10.2 Å². The van der Waals surface area contributed by atoms with Gasteiger partial charge in [0.1, 0.15) is 11.6 Å². The Balaban J connectivity index is 1.58. The summed E-state index contributed by atoms with van der Waals surface area (Å²) in [6.07, 6.45) is 0. The van der Waals surface area contributed by atoms with Gasteiger partial charge < -0.3 is 4.57 Å². The van der Waals surface area contributed by atoms with Crippen molar-refractivity contribution in [1.82, 2.24) is 29.0 Å². The average Bonchev–Trinajstić information content (AvgIpc) is 3.18. The molecule has 0 unspecified atom stereocenters. The van der Waals surface area contributed by atoms with Gasteiger partial charge in [0.05, 0.1) is 6.04 Å². The predicted octanol–water partition coefficient (Wildman–Crippen LogP) is 2.82. The maximum absolute atomic E-state index is 13.1. The molecule has 1 atom stereocenters. The molecule has 0 spiro atoms. The molecule has 6 nitrogen and oxygen atoms in total. The van der Waals surface area contributed by atoms with Crippen LogP contribution in [0.1, 0.15) is 30.2 Å². The second-order valence-corrected chi connectivity index (χ2v) is 6.70. The molecule has 1 aliphatic rings. The first-order valence-electron chi connectivity index (χ1n) is 7.84. The fourth-order valence-electron chi connectivity index (χ4n) is 3.02. The summed E-state index contributed by atoms with van der Waals surface area (Å²) in [7, 11) is 0. The van der Waals surface area contributed by atoms with E-state index in [0.29, 0.717) is 0 Å². The van der Waals surface area contributed by atoms with E-state index in [4.69, 9.17) is 0 Å². The van der Waals surface area contributed by atoms with Crippen LogP contribution < -0.4 is 0 Å². The Labute approximate surface area is 143 Å². The number of rotatable bonds is 3. The maximum atomic E-state index is 13.1. The summed E-state index contributed by atoms with van der Waals surface area (Å²) >= 11 is 1.35. The van der Waals surface area contributed by atoms with Crippen molar-refractivity contribution < 1.29 is 4.39 Å². The van der Waals surface area contributed by atoms with Crippen molar-refractivity contribution in [3.05, 3.63) is 47.3 Å². The van der Waals surface area contributed by atoms with Crippen molar-refractivity contribution in [2.75, 3.05) is 6.54 Å². The smallest absolute Gasteiger partial charge is 0.194 e. The Bertz CT molecular complexity index is 856. The molecule has 124 valence electrons. The minimum atomic E-state index is -0.206. The van der Waals surface area contributed by atoms with Crippen LogP contribution in [-0.2, 0) is 13.1 Å². The van der Waals surface area contributed by atoms with Gasteiger partial charge >= 0.3 is 0 Å². The first kappa shape index (κ1) is 15.3. The van der Waals surface area contributed by atoms with Gasteiger partial charge in [-0.05, 0) is 43.1 Å². The van der Waals surface area contributed by atoms with Crippen LogP contribution in [0.4, 0.5) is 4.39 Å². The minimum absolute atomic E-state index is 0.138. The number of aryl methyl sites for hydroxylation is 1. The molecule has 4 rings (SSSR count). The lowest BCUT2D eigenvalue weighted by molar-refractivity contribution is 0.157. The topological polar surface area (TPSA) is 59.7 Å². The molecule has 3 aromatic rings. The number of halogens is 1. The lowest BCUT2D eigenvalue weighted by Crippen LogP contribution is -2.36. The number of hydrogen-bond acceptors (Lipinski definition) is 6. The Kier molecular flexibility index (Phi) is 3.85. The fraction of sp³-hybridized carbons (Fsp3) is 0.375. The van der Waals surface area contributed by atoms with Crippen LogP contribution in [0.3, 0.4) is 0 Å². The second-order valence-electron chi connectivity index (χ2n) is 5.95. The molecule has 8 heteroatoms. The van der Waals surface area contributed by atoms with Gasteiger partial charge in [-0.3, -0.25) is 4.90 Å². The van der Waals surface area contributed by atoms with E-state index in [2.05, 4.69) is 35.9 Å². The lowest BCUT2D eigenvalue weighted by Gasteiger charge is -2.33. The average molecular weight is 344 g/mol. The Hall–Kier alpha value is -2.19. The van der Waals surface area contributed by atoms with Crippen molar-refractivity contribution >= 4 is 11.5 Å². The first-order chi connectivity index (χ1) is 11.6. The highest BCUT2D eigenvalue weighted by Gasteiger charge is 2.29. The quantitative estimate of drug-likeness (QED) is 0.731. The van der Waals surface area contributed by atoms with Crippen molar-refractivity contribution in [3.63, 3.8) is 0 Å². The third-order valence-corrected chi connectivity index (χ3v) is 5.13. The van der Waals surface area contributed by atoms with Gasteiger partial charge in [0.25, 0.3) is 0 Å². The Morgan fingerprint density at radius 2 is 2.00 bits per heavy atom. The van der Waals surface area contributed by atoms with Gasteiger partial charge in [0.2, 0.25) is 0 Å². The molecule has 0 aliphatic carbocycles. The number of aromatic nitrogens is 5. The van der Waals surface area contributed by atoms with Crippen LogP contribution in [0.5, 0.6) is 0 Å². The summed E-state index contributed by atoms with van der Waals surface area (Å²) in [5.74, 6) is 2.28. The van der Waals surface area contributed by atoms with E-state index in [9.17, 15) is 4.39 Å². The van der Waals surface area contributed by atoms with Crippen LogP contribution >= 0.6 is 11.5 Å². The highest BCUT2D eigenvalue weighted by Crippen LogP contribution is 2.29. The first-order valence-corrected chi connectivity index (χ1v) is 8.61. The van der Waals surface area contributed by atoms with Gasteiger partial charge in [-0.25, -0.2) is 9.37 Å². The normalized spacial score (nSPS) is 17.9. The fourth-order valence-corrected chi connectivity index (χ4v) is 3.68. The third kappa shape index (κ3) is 2.71. The summed E-state index contributed by atoms with van der Waals surface area (Å²) in [6, 6.07) is 6.80. The van der Waals surface area contributed by atoms with Crippen LogP contribution in [0.15, 0.2) is 24.3 Å². The van der Waals surface area contributed by atoms with Crippen molar-refractivity contribution in [2.24, 2.45) is 0 Å². The van der Waals surface area contributed by atoms with Crippen LogP contribution in [-0.4, -0.2) is 35.6 Å². The van der Waals surface area contributed by atoms with Crippen LogP contribution in [0.25, 0.3) is 10.8 Å². The number of nitrogens with zero attached hydrogens (tertiary/aromatic N) is 6. The molecule has 0 amide bonds. The largest absolute Gasteiger partial charge is 0.306 e. The van der Waals surface area contributed by atoms with Gasteiger partial charge in [0, 0.05) is 19.6 Å². The highest BCUT2D eigenvalue weighted by molar-refractivity contribution is 7.09. The lowest BCUT2D eigenvalue weighted by atomic mass is 10.1. The monoisotopic (exact) mass is 344 g/mol. The summed E-state index contributed by atoms with van der Waals surface area (Å²) in [5, 5.41) is 9.52. The van der Waals surface area contributed by atoms with Crippen molar-refractivity contribution in [2.45, 2.75) is 33.0 Å². The van der Waals surface area contributed by atoms with Gasteiger partial charge in [-0.2, -0.15) is 4.37 Å². The molecule has 3 heterocycles. The van der Waals surface area contributed by atoms with Gasteiger partial charge in [0.15, 0.2) is 16.7 Å². The zero-order valence-corrected chi connectivity index (χ0v) is 14.3. The van der Waals surface area contributed by atoms with E-state index in [1.165, 1.54) is 23.7 Å². The second kappa shape index (κ2) is 6.03. The molecule has 1 aliphatic heterocycles. The van der Waals surface area contributed by atoms with E-state index >= 15 is 0 Å². The van der Waals surface area contributed by atoms with E-state index in [0.717, 1.165) is 47.7 Å². The minimum Gasteiger partial charge on any atom is -0.306 e. The Morgan fingerprint density at radius 1 is 1.21 bits per heavy atom. The molecule has 2 aromatic heterocycles. The molecule has 1 aromatic carbocycles. The molecule has 0 radical (unpaired) electrons. The van der Waals surface area contributed by atoms with E-state index in [1.54, 1.807) is 0 Å². The van der Waals surface area contributed by atoms with Crippen LogP contribution in [0.2, 0.25) is 0 Å². The maximum Gasteiger partial charge on any atom is 0.194 e. The molecule has 0 bridgehead atoms. The highest BCUT2D eigenvalue weighted by atomic mass is 32.1. The SMILES string of the molecule is Cc1nsc(-c2nnc3n2CCN(Cc2ccc(F)cc2)[C@@H]3C)n1. The van der Waals surface area contributed by atoms with Crippen LogP contribution in [0, 0.1) is 12.7 Å².